The van der Waals surface area contributed by atoms with E-state index in [0.717, 1.165) is 19.3 Å². The van der Waals surface area contributed by atoms with Crippen molar-refractivity contribution in [3.63, 3.8) is 0 Å². The van der Waals surface area contributed by atoms with Gasteiger partial charge in [0.1, 0.15) is 11.6 Å². The Balaban J connectivity index is 2.41. The zero-order chi connectivity index (χ0) is 11.8. The average Bonchev–Trinajstić information content (AvgIpc) is 2.30. The summed E-state index contributed by atoms with van der Waals surface area (Å²) in [6.45, 7) is 1.05. The lowest BCUT2D eigenvalue weighted by Crippen LogP contribution is -2.04. The first-order valence-electron chi connectivity index (χ1n) is 5.50. The van der Waals surface area contributed by atoms with Crippen molar-refractivity contribution in [2.24, 2.45) is 5.73 Å². The molecular weight excluding hydrogens is 209 g/mol. The first kappa shape index (κ1) is 12.9. The summed E-state index contributed by atoms with van der Waals surface area (Å²) < 4.78 is 18.4. The van der Waals surface area contributed by atoms with Crippen LogP contribution >= 0.6 is 0 Å². The number of hydrogen-bond acceptors (Lipinski definition) is 3. The van der Waals surface area contributed by atoms with E-state index in [0.29, 0.717) is 17.9 Å². The molecule has 0 amide bonds. The van der Waals surface area contributed by atoms with Gasteiger partial charge in [0.25, 0.3) is 0 Å². The van der Waals surface area contributed by atoms with E-state index in [1.165, 1.54) is 12.1 Å². The van der Waals surface area contributed by atoms with Gasteiger partial charge in [-0.25, -0.2) is 4.39 Å². The van der Waals surface area contributed by atoms with Crippen molar-refractivity contribution >= 4 is 0 Å². The maximum absolute atomic E-state index is 12.9. The molecule has 0 aliphatic rings. The third-order valence-electron chi connectivity index (χ3n) is 2.30. The molecule has 90 valence electrons. The van der Waals surface area contributed by atoms with Crippen LogP contribution in [-0.4, -0.2) is 18.3 Å². The Labute approximate surface area is 95.0 Å². The fourth-order valence-electron chi connectivity index (χ4n) is 1.42. The number of nitrogens with two attached hydrogens (primary N) is 1. The molecule has 1 aromatic rings. The zero-order valence-electron chi connectivity index (χ0n) is 9.29. The van der Waals surface area contributed by atoms with Crippen molar-refractivity contribution in [2.75, 3.05) is 13.2 Å². The molecule has 16 heavy (non-hydrogen) atoms. The highest BCUT2D eigenvalue weighted by Crippen LogP contribution is 2.19. The SMILES string of the molecule is NCc1cc(F)ccc1OCCCCCO. The second-order valence-corrected chi connectivity index (χ2v) is 3.59. The summed E-state index contributed by atoms with van der Waals surface area (Å²) in [6.07, 6.45) is 2.59. The molecular formula is C12H18FNO2. The Bertz CT molecular complexity index is 318. The van der Waals surface area contributed by atoms with E-state index in [4.69, 9.17) is 15.6 Å². The molecule has 0 radical (unpaired) electrons. The lowest BCUT2D eigenvalue weighted by molar-refractivity contribution is 0.265. The molecule has 0 saturated carbocycles. The zero-order valence-corrected chi connectivity index (χ0v) is 9.29. The second-order valence-electron chi connectivity index (χ2n) is 3.59. The topological polar surface area (TPSA) is 55.5 Å². The minimum absolute atomic E-state index is 0.213. The summed E-state index contributed by atoms with van der Waals surface area (Å²) in [5.41, 5.74) is 6.17. The van der Waals surface area contributed by atoms with Crippen LogP contribution in [-0.2, 0) is 6.54 Å². The molecule has 0 fully saturated rings. The summed E-state index contributed by atoms with van der Waals surface area (Å²) in [6, 6.07) is 4.36. The van der Waals surface area contributed by atoms with Gasteiger partial charge in [0.2, 0.25) is 0 Å². The summed E-state index contributed by atoms with van der Waals surface area (Å²) in [5, 5.41) is 8.60. The fraction of sp³-hybridized carbons (Fsp3) is 0.500. The number of ether oxygens (including phenoxy) is 1. The molecule has 4 heteroatoms. The monoisotopic (exact) mass is 227 g/mol. The van der Waals surface area contributed by atoms with Crippen molar-refractivity contribution in [1.82, 2.24) is 0 Å². The minimum atomic E-state index is -0.298. The van der Waals surface area contributed by atoms with Gasteiger partial charge in [-0.05, 0) is 37.5 Å². The van der Waals surface area contributed by atoms with Gasteiger partial charge in [-0.1, -0.05) is 0 Å². The van der Waals surface area contributed by atoms with Crippen LogP contribution in [0, 0.1) is 5.82 Å². The Morgan fingerprint density at radius 1 is 1.25 bits per heavy atom. The predicted molar refractivity (Wildman–Crippen MR) is 60.7 cm³/mol. The second kappa shape index (κ2) is 7.19. The molecule has 0 aliphatic carbocycles. The number of aliphatic hydroxyl groups excluding tert-OH is 1. The van der Waals surface area contributed by atoms with E-state index in [-0.39, 0.29) is 19.0 Å². The van der Waals surface area contributed by atoms with Crippen LogP contribution in [0.3, 0.4) is 0 Å². The quantitative estimate of drug-likeness (QED) is 0.699. The van der Waals surface area contributed by atoms with Crippen LogP contribution in [0.1, 0.15) is 24.8 Å². The number of hydrogen-bond donors (Lipinski definition) is 2. The molecule has 0 saturated heterocycles. The molecule has 1 rings (SSSR count). The molecule has 1 aromatic carbocycles. The smallest absolute Gasteiger partial charge is 0.123 e. The van der Waals surface area contributed by atoms with Gasteiger partial charge in [0.05, 0.1) is 6.61 Å². The van der Waals surface area contributed by atoms with Gasteiger partial charge in [-0.3, -0.25) is 0 Å². The Kier molecular flexibility index (Phi) is 5.82. The minimum Gasteiger partial charge on any atom is -0.493 e. The first-order chi connectivity index (χ1) is 7.77. The van der Waals surface area contributed by atoms with Crippen LogP contribution in [0.15, 0.2) is 18.2 Å². The molecule has 0 spiro atoms. The normalized spacial score (nSPS) is 10.4. The van der Waals surface area contributed by atoms with Crippen molar-refractivity contribution in [3.05, 3.63) is 29.6 Å². The highest BCUT2D eigenvalue weighted by atomic mass is 19.1. The lowest BCUT2D eigenvalue weighted by Gasteiger charge is -2.10. The molecule has 0 unspecified atom stereocenters. The summed E-state index contributed by atoms with van der Waals surface area (Å²) in [4.78, 5) is 0. The van der Waals surface area contributed by atoms with E-state index in [9.17, 15) is 4.39 Å². The molecule has 0 atom stereocenters. The standard InChI is InChI=1S/C12H18FNO2/c13-11-4-5-12(10(8-11)9-14)16-7-3-1-2-6-15/h4-5,8,15H,1-3,6-7,9,14H2. The first-order valence-corrected chi connectivity index (χ1v) is 5.50. The Morgan fingerprint density at radius 2 is 2.06 bits per heavy atom. The van der Waals surface area contributed by atoms with Crippen LogP contribution in [0.25, 0.3) is 0 Å². The van der Waals surface area contributed by atoms with E-state index in [2.05, 4.69) is 0 Å². The van der Waals surface area contributed by atoms with Crippen LogP contribution in [0.4, 0.5) is 4.39 Å². The summed E-state index contributed by atoms with van der Waals surface area (Å²) in [7, 11) is 0. The maximum atomic E-state index is 12.9. The number of benzene rings is 1. The van der Waals surface area contributed by atoms with Crippen molar-refractivity contribution in [3.8, 4) is 5.75 Å². The van der Waals surface area contributed by atoms with Gasteiger partial charge >= 0.3 is 0 Å². The van der Waals surface area contributed by atoms with E-state index in [1.54, 1.807) is 6.07 Å². The average molecular weight is 227 g/mol. The third kappa shape index (κ3) is 4.16. The van der Waals surface area contributed by atoms with E-state index >= 15 is 0 Å². The van der Waals surface area contributed by atoms with Crippen LogP contribution in [0.5, 0.6) is 5.75 Å². The summed E-state index contributed by atoms with van der Waals surface area (Å²) >= 11 is 0. The van der Waals surface area contributed by atoms with Gasteiger partial charge in [-0.15, -0.1) is 0 Å². The fourth-order valence-corrected chi connectivity index (χ4v) is 1.42. The van der Waals surface area contributed by atoms with Crippen molar-refractivity contribution in [1.29, 1.82) is 0 Å². The Morgan fingerprint density at radius 3 is 2.75 bits per heavy atom. The third-order valence-corrected chi connectivity index (χ3v) is 2.30. The van der Waals surface area contributed by atoms with Crippen molar-refractivity contribution in [2.45, 2.75) is 25.8 Å². The lowest BCUT2D eigenvalue weighted by atomic mass is 10.2. The largest absolute Gasteiger partial charge is 0.493 e. The molecule has 0 heterocycles. The summed E-state index contributed by atoms with van der Waals surface area (Å²) in [5.74, 6) is 0.348. The molecule has 3 N–H and O–H groups in total. The highest BCUT2D eigenvalue weighted by Gasteiger charge is 2.03. The van der Waals surface area contributed by atoms with Gasteiger partial charge < -0.3 is 15.6 Å². The number of aliphatic hydroxyl groups is 1. The number of rotatable bonds is 7. The predicted octanol–water partition coefficient (Wildman–Crippen LogP) is 1.83. The van der Waals surface area contributed by atoms with Gasteiger partial charge in [-0.2, -0.15) is 0 Å². The van der Waals surface area contributed by atoms with Gasteiger partial charge in [0, 0.05) is 18.7 Å². The molecule has 0 bridgehead atoms. The van der Waals surface area contributed by atoms with E-state index in [1.807, 2.05) is 0 Å². The number of halogens is 1. The maximum Gasteiger partial charge on any atom is 0.123 e. The number of unbranched alkanes of at least 4 members (excludes halogenated alkanes) is 2. The highest BCUT2D eigenvalue weighted by molar-refractivity contribution is 5.33. The van der Waals surface area contributed by atoms with Crippen LogP contribution < -0.4 is 10.5 Å². The van der Waals surface area contributed by atoms with Gasteiger partial charge in [0.15, 0.2) is 0 Å². The van der Waals surface area contributed by atoms with Crippen molar-refractivity contribution < 1.29 is 14.2 Å². The molecule has 3 nitrogen and oxygen atoms in total. The van der Waals surface area contributed by atoms with E-state index < -0.39 is 0 Å². The molecule has 0 aliphatic heterocycles. The Hall–Kier alpha value is -1.13. The molecule has 0 aromatic heterocycles. The van der Waals surface area contributed by atoms with Crippen LogP contribution in [0.2, 0.25) is 0 Å².